The highest BCUT2D eigenvalue weighted by atomic mass is 28.3. The van der Waals surface area contributed by atoms with Crippen LogP contribution in [0.2, 0.25) is 16.6 Å². The van der Waals surface area contributed by atoms with Crippen molar-refractivity contribution in [3.8, 4) is 5.75 Å². The average molecular weight is 304 g/mol. The first-order valence-electron chi connectivity index (χ1n) is 8.01. The number of rotatable bonds is 5. The molecule has 0 bridgehead atoms. The van der Waals surface area contributed by atoms with E-state index in [9.17, 15) is 0 Å². The minimum absolute atomic E-state index is 0.679. The molecular formula is C18H29NOSi. The summed E-state index contributed by atoms with van der Waals surface area (Å²) in [5.41, 5.74) is 3.32. The highest BCUT2D eigenvalue weighted by Crippen LogP contribution is 2.45. The number of nitrogens with zero attached hydrogens (tertiary/aromatic N) is 1. The van der Waals surface area contributed by atoms with Crippen LogP contribution < -0.4 is 4.74 Å². The number of fused-ring (bicyclic) bond motifs is 1. The molecule has 116 valence electrons. The SMILES string of the molecule is COc1cccc2ccn([Si](C(C)C)(C(C)C)C(C)C)c12. The van der Waals surface area contributed by atoms with Crippen LogP contribution >= 0.6 is 0 Å². The second kappa shape index (κ2) is 5.88. The first-order valence-corrected chi connectivity index (χ1v) is 10.2. The van der Waals surface area contributed by atoms with Crippen LogP contribution in [0, 0.1) is 0 Å². The maximum Gasteiger partial charge on any atom is 0.169 e. The van der Waals surface area contributed by atoms with Gasteiger partial charge in [0.25, 0.3) is 0 Å². The minimum atomic E-state index is -1.73. The summed E-state index contributed by atoms with van der Waals surface area (Å²) < 4.78 is 8.27. The van der Waals surface area contributed by atoms with Gasteiger partial charge in [0.05, 0.1) is 12.6 Å². The molecule has 0 unspecified atom stereocenters. The minimum Gasteiger partial charge on any atom is -0.495 e. The maximum absolute atomic E-state index is 5.66. The molecule has 0 aliphatic rings. The van der Waals surface area contributed by atoms with Gasteiger partial charge in [0.1, 0.15) is 5.75 Å². The van der Waals surface area contributed by atoms with E-state index in [1.54, 1.807) is 7.11 Å². The quantitative estimate of drug-likeness (QED) is 0.649. The lowest BCUT2D eigenvalue weighted by atomic mass is 10.2. The van der Waals surface area contributed by atoms with E-state index >= 15 is 0 Å². The molecule has 2 nitrogen and oxygen atoms in total. The van der Waals surface area contributed by atoms with E-state index in [-0.39, 0.29) is 0 Å². The summed E-state index contributed by atoms with van der Waals surface area (Å²) in [5, 5.41) is 1.29. The molecule has 3 heteroatoms. The van der Waals surface area contributed by atoms with E-state index in [0.29, 0.717) is 16.6 Å². The van der Waals surface area contributed by atoms with Gasteiger partial charge in [-0.3, -0.25) is 0 Å². The van der Waals surface area contributed by atoms with Gasteiger partial charge in [-0.2, -0.15) is 0 Å². The molecule has 0 saturated carbocycles. The zero-order valence-corrected chi connectivity index (χ0v) is 15.5. The Morgan fingerprint density at radius 1 is 0.905 bits per heavy atom. The third-order valence-electron chi connectivity index (χ3n) is 5.09. The summed E-state index contributed by atoms with van der Waals surface area (Å²) >= 11 is 0. The fourth-order valence-electron chi connectivity index (χ4n) is 4.48. The van der Waals surface area contributed by atoms with Crippen LogP contribution in [-0.2, 0) is 0 Å². The highest BCUT2D eigenvalue weighted by molar-refractivity contribution is 6.82. The molecule has 0 amide bonds. The van der Waals surface area contributed by atoms with Crippen LogP contribution in [-0.4, -0.2) is 19.6 Å². The Balaban J connectivity index is 2.83. The van der Waals surface area contributed by atoms with Crippen molar-refractivity contribution in [2.75, 3.05) is 7.11 Å². The zero-order valence-electron chi connectivity index (χ0n) is 14.5. The van der Waals surface area contributed by atoms with Crippen LogP contribution in [0.15, 0.2) is 30.5 Å². The molecule has 2 rings (SSSR count). The van der Waals surface area contributed by atoms with E-state index in [0.717, 1.165) is 5.75 Å². The molecule has 0 radical (unpaired) electrons. The number of methoxy groups -OCH3 is 1. The predicted molar refractivity (Wildman–Crippen MR) is 94.9 cm³/mol. The number of benzene rings is 1. The zero-order chi connectivity index (χ0) is 15.8. The van der Waals surface area contributed by atoms with Crippen molar-refractivity contribution in [2.45, 2.75) is 58.2 Å². The lowest BCUT2D eigenvalue weighted by molar-refractivity contribution is 0.418. The van der Waals surface area contributed by atoms with E-state index in [2.05, 4.69) is 76.2 Å². The van der Waals surface area contributed by atoms with Gasteiger partial charge in [0.2, 0.25) is 0 Å². The van der Waals surface area contributed by atoms with Gasteiger partial charge in [0.15, 0.2) is 8.24 Å². The number of ether oxygens (including phenoxy) is 1. The van der Waals surface area contributed by atoms with Gasteiger partial charge in [-0.25, -0.2) is 0 Å². The topological polar surface area (TPSA) is 14.2 Å². The molecule has 21 heavy (non-hydrogen) atoms. The van der Waals surface area contributed by atoms with Gasteiger partial charge in [-0.05, 0) is 35.0 Å². The summed E-state index contributed by atoms with van der Waals surface area (Å²) in [4.78, 5) is 0. The largest absolute Gasteiger partial charge is 0.495 e. The van der Waals surface area contributed by atoms with Gasteiger partial charge in [-0.1, -0.05) is 53.7 Å². The molecule has 0 spiro atoms. The van der Waals surface area contributed by atoms with Gasteiger partial charge in [-0.15, -0.1) is 0 Å². The lowest BCUT2D eigenvalue weighted by Crippen LogP contribution is -2.51. The molecule has 1 heterocycles. The average Bonchev–Trinajstić information content (AvgIpc) is 2.82. The molecule has 0 N–H and O–H groups in total. The van der Waals surface area contributed by atoms with Crippen molar-refractivity contribution in [1.29, 1.82) is 0 Å². The Bertz CT molecular complexity index is 591. The summed E-state index contributed by atoms with van der Waals surface area (Å²) in [6.45, 7) is 14.4. The van der Waals surface area contributed by atoms with E-state index < -0.39 is 8.24 Å². The molecule has 0 fully saturated rings. The summed E-state index contributed by atoms with van der Waals surface area (Å²) in [5.74, 6) is 0.997. The fourth-order valence-corrected chi connectivity index (χ4v) is 11.1. The number of hydrogen-bond donors (Lipinski definition) is 0. The molecular weight excluding hydrogens is 274 g/mol. The number of para-hydroxylation sites is 1. The van der Waals surface area contributed by atoms with Crippen LogP contribution in [0.3, 0.4) is 0 Å². The van der Waals surface area contributed by atoms with Crippen molar-refractivity contribution in [3.05, 3.63) is 30.5 Å². The predicted octanol–water partition coefficient (Wildman–Crippen LogP) is 5.67. The molecule has 0 aliphatic heterocycles. The summed E-state index contributed by atoms with van der Waals surface area (Å²) in [7, 11) is 0.0464. The third-order valence-corrected chi connectivity index (χ3v) is 11.8. The van der Waals surface area contributed by atoms with E-state index in [1.165, 1.54) is 10.9 Å². The Kier molecular flexibility index (Phi) is 4.52. The first-order chi connectivity index (χ1) is 9.87. The Morgan fingerprint density at radius 3 is 1.95 bits per heavy atom. The molecule has 0 saturated heterocycles. The Morgan fingerprint density at radius 2 is 1.48 bits per heavy atom. The van der Waals surface area contributed by atoms with Crippen molar-refractivity contribution in [1.82, 2.24) is 4.23 Å². The molecule has 0 aliphatic carbocycles. The van der Waals surface area contributed by atoms with Crippen molar-refractivity contribution in [2.24, 2.45) is 0 Å². The molecule has 1 aromatic heterocycles. The molecule has 0 atom stereocenters. The Hall–Kier alpha value is -1.22. The monoisotopic (exact) mass is 303 g/mol. The second-order valence-electron chi connectivity index (χ2n) is 6.94. The third kappa shape index (κ3) is 2.32. The highest BCUT2D eigenvalue weighted by Gasteiger charge is 2.45. The van der Waals surface area contributed by atoms with Crippen LogP contribution in [0.25, 0.3) is 10.9 Å². The van der Waals surface area contributed by atoms with Crippen molar-refractivity contribution in [3.63, 3.8) is 0 Å². The summed E-state index contributed by atoms with van der Waals surface area (Å²) in [6.07, 6.45) is 2.30. The summed E-state index contributed by atoms with van der Waals surface area (Å²) in [6, 6.07) is 8.59. The number of aromatic nitrogens is 1. The fraction of sp³-hybridized carbons (Fsp3) is 0.556. The smallest absolute Gasteiger partial charge is 0.169 e. The standard InChI is InChI=1S/C18H29NOSi/c1-13(2)21(14(3)4,15(5)6)19-12-11-16-9-8-10-17(20-7)18(16)19/h8-15H,1-7H3. The normalized spacial score (nSPS) is 12.9. The van der Waals surface area contributed by atoms with Crippen molar-refractivity contribution >= 4 is 19.1 Å². The van der Waals surface area contributed by atoms with Gasteiger partial charge in [0, 0.05) is 5.39 Å². The van der Waals surface area contributed by atoms with E-state index in [1.807, 2.05) is 0 Å². The van der Waals surface area contributed by atoms with Gasteiger partial charge >= 0.3 is 0 Å². The van der Waals surface area contributed by atoms with E-state index in [4.69, 9.17) is 4.74 Å². The second-order valence-corrected chi connectivity index (χ2v) is 12.7. The molecule has 1 aromatic carbocycles. The first kappa shape index (κ1) is 16.2. The lowest BCUT2D eigenvalue weighted by Gasteiger charge is -2.44. The Labute approximate surface area is 130 Å². The van der Waals surface area contributed by atoms with Crippen LogP contribution in [0.5, 0.6) is 5.75 Å². The van der Waals surface area contributed by atoms with Gasteiger partial charge < -0.3 is 8.97 Å². The van der Waals surface area contributed by atoms with Crippen molar-refractivity contribution < 1.29 is 4.74 Å². The van der Waals surface area contributed by atoms with Crippen LogP contribution in [0.4, 0.5) is 0 Å². The maximum atomic E-state index is 5.66. The number of hydrogen-bond acceptors (Lipinski definition) is 1. The van der Waals surface area contributed by atoms with Crippen LogP contribution in [0.1, 0.15) is 41.5 Å². The molecule has 2 aromatic rings.